The van der Waals surface area contributed by atoms with E-state index < -0.39 is 17.9 Å². The Kier molecular flexibility index (Phi) is 7.75. The molecule has 0 radical (unpaired) electrons. The van der Waals surface area contributed by atoms with E-state index in [9.17, 15) is 9.59 Å². The molecule has 0 saturated heterocycles. The number of carbonyl (C=O) groups excluding carboxylic acids is 2. The van der Waals surface area contributed by atoms with Gasteiger partial charge in [-0.3, -0.25) is 9.59 Å². The molecule has 1 rings (SSSR count). The van der Waals surface area contributed by atoms with Crippen molar-refractivity contribution in [1.82, 2.24) is 0 Å². The van der Waals surface area contributed by atoms with Gasteiger partial charge in [0.1, 0.15) is 0 Å². The van der Waals surface area contributed by atoms with Crippen molar-refractivity contribution in [2.24, 2.45) is 22.7 Å². The Morgan fingerprint density at radius 3 is 1.67 bits per heavy atom. The highest BCUT2D eigenvalue weighted by atomic mass is 16.6. The third-order valence-electron chi connectivity index (χ3n) is 4.20. The fraction of sp³-hybridized carbons (Fsp3) is 0.900. The molecule has 0 heterocycles. The molecule has 24 heavy (non-hydrogen) atoms. The first kappa shape index (κ1) is 21.0. The van der Waals surface area contributed by atoms with Gasteiger partial charge in [-0.1, -0.05) is 67.2 Å². The largest absolute Gasteiger partial charge is 0.464 e. The van der Waals surface area contributed by atoms with Crippen molar-refractivity contribution in [2.75, 3.05) is 13.2 Å². The number of carbonyl (C=O) groups is 2. The monoisotopic (exact) mass is 340 g/mol. The van der Waals surface area contributed by atoms with Crippen molar-refractivity contribution in [2.45, 2.75) is 80.1 Å². The summed E-state index contributed by atoms with van der Waals surface area (Å²) in [5.41, 5.74) is -0.220. The smallest absolute Gasteiger partial charge is 0.320 e. The van der Waals surface area contributed by atoms with Crippen LogP contribution >= 0.6 is 0 Å². The second-order valence-electron chi connectivity index (χ2n) is 9.62. The molecule has 0 unspecified atom stereocenters. The van der Waals surface area contributed by atoms with Crippen molar-refractivity contribution in [3.63, 3.8) is 0 Å². The van der Waals surface area contributed by atoms with Gasteiger partial charge >= 0.3 is 11.9 Å². The lowest BCUT2D eigenvalue weighted by atomic mass is 9.94. The van der Waals surface area contributed by atoms with Gasteiger partial charge in [-0.25, -0.2) is 0 Å². The normalized spacial score (nSPS) is 16.5. The van der Waals surface area contributed by atoms with Crippen molar-refractivity contribution in [3.8, 4) is 0 Å². The molecule has 1 saturated carbocycles. The van der Waals surface area contributed by atoms with Crippen molar-refractivity contribution < 1.29 is 19.1 Å². The standard InChI is InChI=1S/C20H36O4/c1-19(2,3)13-23-17(21)16(12-11-15-9-7-8-10-15)18(22)24-14-20(4,5)6/h15-16H,7-14H2,1-6H3. The molecular formula is C20H36O4. The van der Waals surface area contributed by atoms with Crippen LogP contribution in [0.3, 0.4) is 0 Å². The number of ether oxygens (including phenoxy) is 2. The van der Waals surface area contributed by atoms with Crippen LogP contribution in [0.25, 0.3) is 0 Å². The molecule has 140 valence electrons. The predicted molar refractivity (Wildman–Crippen MR) is 95.5 cm³/mol. The Bertz CT molecular complexity index is 378. The van der Waals surface area contributed by atoms with E-state index in [2.05, 4.69) is 0 Å². The van der Waals surface area contributed by atoms with Crippen LogP contribution < -0.4 is 0 Å². The van der Waals surface area contributed by atoms with Crippen LogP contribution in [0.1, 0.15) is 80.1 Å². The summed E-state index contributed by atoms with van der Waals surface area (Å²) in [7, 11) is 0. The Labute approximate surface area is 147 Å². The van der Waals surface area contributed by atoms with Gasteiger partial charge in [0, 0.05) is 0 Å². The lowest BCUT2D eigenvalue weighted by Gasteiger charge is -2.23. The number of esters is 2. The van der Waals surface area contributed by atoms with Gasteiger partial charge in [0.05, 0.1) is 13.2 Å². The van der Waals surface area contributed by atoms with Crippen molar-refractivity contribution in [3.05, 3.63) is 0 Å². The molecular weight excluding hydrogens is 304 g/mol. The van der Waals surface area contributed by atoms with Crippen molar-refractivity contribution in [1.29, 1.82) is 0 Å². The van der Waals surface area contributed by atoms with Gasteiger partial charge in [0.15, 0.2) is 5.92 Å². The van der Waals surface area contributed by atoms with E-state index in [0.717, 1.165) is 6.42 Å². The topological polar surface area (TPSA) is 52.6 Å². The third kappa shape index (κ3) is 8.70. The maximum atomic E-state index is 12.4. The first-order chi connectivity index (χ1) is 11.0. The van der Waals surface area contributed by atoms with E-state index in [0.29, 0.717) is 25.6 Å². The van der Waals surface area contributed by atoms with Crippen LogP contribution in [-0.2, 0) is 19.1 Å². The maximum Gasteiger partial charge on any atom is 0.320 e. The van der Waals surface area contributed by atoms with Gasteiger partial charge in [0.2, 0.25) is 0 Å². The molecule has 0 bridgehead atoms. The van der Waals surface area contributed by atoms with E-state index >= 15 is 0 Å². The maximum absolute atomic E-state index is 12.4. The summed E-state index contributed by atoms with van der Waals surface area (Å²) in [6.45, 7) is 12.7. The first-order valence-electron chi connectivity index (χ1n) is 9.31. The van der Waals surface area contributed by atoms with Gasteiger partial charge < -0.3 is 9.47 Å². The highest BCUT2D eigenvalue weighted by Gasteiger charge is 2.32. The lowest BCUT2D eigenvalue weighted by molar-refractivity contribution is -0.165. The van der Waals surface area contributed by atoms with Crippen LogP contribution in [0.5, 0.6) is 0 Å². The van der Waals surface area contributed by atoms with E-state index in [1.165, 1.54) is 25.7 Å². The van der Waals surface area contributed by atoms with Crippen LogP contribution in [0.4, 0.5) is 0 Å². The highest BCUT2D eigenvalue weighted by molar-refractivity contribution is 5.94. The van der Waals surface area contributed by atoms with Crippen LogP contribution in [0.2, 0.25) is 0 Å². The molecule has 4 nitrogen and oxygen atoms in total. The SMILES string of the molecule is CC(C)(C)COC(=O)C(CCC1CCCC1)C(=O)OCC(C)(C)C. The van der Waals surface area contributed by atoms with Gasteiger partial charge in [-0.15, -0.1) is 0 Å². The Morgan fingerprint density at radius 1 is 0.875 bits per heavy atom. The quantitative estimate of drug-likeness (QED) is 0.495. The minimum Gasteiger partial charge on any atom is -0.464 e. The number of rotatable bonds is 7. The Balaban J connectivity index is 2.62. The molecule has 1 aliphatic rings. The molecule has 0 aromatic carbocycles. The molecule has 0 aromatic rings. The first-order valence-corrected chi connectivity index (χ1v) is 9.31. The highest BCUT2D eigenvalue weighted by Crippen LogP contribution is 2.30. The summed E-state index contributed by atoms with van der Waals surface area (Å²) in [5, 5.41) is 0. The minimum atomic E-state index is -0.782. The second-order valence-corrected chi connectivity index (χ2v) is 9.62. The number of hydrogen-bond donors (Lipinski definition) is 0. The predicted octanol–water partition coefficient (Wildman–Crippen LogP) is 4.75. The summed E-state index contributed by atoms with van der Waals surface area (Å²) >= 11 is 0. The lowest BCUT2D eigenvalue weighted by Crippen LogP contribution is -2.32. The molecule has 0 atom stereocenters. The zero-order valence-corrected chi connectivity index (χ0v) is 16.4. The number of hydrogen-bond acceptors (Lipinski definition) is 4. The van der Waals surface area contributed by atoms with E-state index in [4.69, 9.17) is 9.47 Å². The van der Waals surface area contributed by atoms with E-state index in [1.807, 2.05) is 41.5 Å². The summed E-state index contributed by atoms with van der Waals surface area (Å²) in [5.74, 6) is -1.00. The summed E-state index contributed by atoms with van der Waals surface area (Å²) < 4.78 is 10.8. The summed E-state index contributed by atoms with van der Waals surface area (Å²) in [6.07, 6.45) is 6.38. The van der Waals surface area contributed by atoms with Gasteiger partial charge in [-0.2, -0.15) is 0 Å². The molecule has 1 aliphatic carbocycles. The molecule has 0 N–H and O–H groups in total. The van der Waals surface area contributed by atoms with E-state index in [-0.39, 0.29) is 10.8 Å². The zero-order valence-electron chi connectivity index (χ0n) is 16.4. The summed E-state index contributed by atoms with van der Waals surface area (Å²) in [6, 6.07) is 0. The van der Waals surface area contributed by atoms with Crippen LogP contribution in [0, 0.1) is 22.7 Å². The molecule has 0 aliphatic heterocycles. The zero-order chi connectivity index (χ0) is 18.4. The van der Waals surface area contributed by atoms with Crippen molar-refractivity contribution >= 4 is 11.9 Å². The Hall–Kier alpha value is -1.06. The van der Waals surface area contributed by atoms with E-state index in [1.54, 1.807) is 0 Å². The van der Waals surface area contributed by atoms with Crippen LogP contribution in [-0.4, -0.2) is 25.2 Å². The second kappa shape index (κ2) is 8.87. The molecule has 4 heteroatoms. The Morgan fingerprint density at radius 2 is 1.29 bits per heavy atom. The molecule has 0 aromatic heterocycles. The molecule has 1 fully saturated rings. The van der Waals surface area contributed by atoms with Gasteiger partial charge in [-0.05, 0) is 29.6 Å². The van der Waals surface area contributed by atoms with Crippen LogP contribution in [0.15, 0.2) is 0 Å². The summed E-state index contributed by atoms with van der Waals surface area (Å²) in [4.78, 5) is 24.9. The average Bonchev–Trinajstić information content (AvgIpc) is 2.95. The van der Waals surface area contributed by atoms with Gasteiger partial charge in [0.25, 0.3) is 0 Å². The minimum absolute atomic E-state index is 0.110. The molecule has 0 amide bonds. The fourth-order valence-corrected chi connectivity index (χ4v) is 2.81. The third-order valence-corrected chi connectivity index (χ3v) is 4.20. The average molecular weight is 341 g/mol. The molecule has 0 spiro atoms. The fourth-order valence-electron chi connectivity index (χ4n) is 2.81.